The highest BCUT2D eigenvalue weighted by atomic mass is 16.5. The number of piperidine rings is 1. The fraction of sp³-hybridized carbons (Fsp3) is 0.850. The Morgan fingerprint density at radius 1 is 1.16 bits per heavy atom. The summed E-state index contributed by atoms with van der Waals surface area (Å²) in [6.45, 7) is 7.28. The molecule has 0 unspecified atom stereocenters. The lowest BCUT2D eigenvalue weighted by Crippen LogP contribution is -2.52. The van der Waals surface area contributed by atoms with Crippen LogP contribution in [0.3, 0.4) is 0 Å². The van der Waals surface area contributed by atoms with Gasteiger partial charge in [-0.25, -0.2) is 0 Å². The molecule has 2 saturated heterocycles. The molecule has 0 bridgehead atoms. The van der Waals surface area contributed by atoms with Crippen LogP contribution in [0.2, 0.25) is 0 Å². The van der Waals surface area contributed by atoms with E-state index in [-0.39, 0.29) is 5.91 Å². The number of nitrogens with one attached hydrogen (secondary N) is 1. The van der Waals surface area contributed by atoms with Crippen LogP contribution in [-0.2, 0) is 9.53 Å². The largest absolute Gasteiger partial charge is 0.379 e. The second-order valence-corrected chi connectivity index (χ2v) is 7.74. The van der Waals surface area contributed by atoms with Gasteiger partial charge in [0.2, 0.25) is 5.91 Å². The molecule has 5 nitrogen and oxygen atoms in total. The maximum Gasteiger partial charge on any atom is 0.234 e. The Bertz CT molecular complexity index is 446. The van der Waals surface area contributed by atoms with Gasteiger partial charge in [-0.15, -0.1) is 0 Å². The van der Waals surface area contributed by atoms with Crippen molar-refractivity contribution in [3.8, 4) is 0 Å². The minimum absolute atomic E-state index is 0.199. The van der Waals surface area contributed by atoms with Gasteiger partial charge in [0.25, 0.3) is 0 Å². The van der Waals surface area contributed by atoms with Crippen molar-refractivity contribution in [3.05, 3.63) is 11.6 Å². The second kappa shape index (κ2) is 10.3. The second-order valence-electron chi connectivity index (χ2n) is 7.74. The van der Waals surface area contributed by atoms with Crippen LogP contribution < -0.4 is 5.32 Å². The molecule has 0 saturated carbocycles. The SMILES string of the molecule is O=C(CN1CCCC[C@@H]1CN1CCOCC1)NCCC1=CCCCC1. The molecule has 142 valence electrons. The molecule has 5 heteroatoms. The van der Waals surface area contributed by atoms with Crippen molar-refractivity contribution in [3.63, 3.8) is 0 Å². The number of morpholine rings is 1. The van der Waals surface area contributed by atoms with Crippen LogP contribution in [0.1, 0.15) is 51.4 Å². The monoisotopic (exact) mass is 349 g/mol. The van der Waals surface area contributed by atoms with Crippen molar-refractivity contribution >= 4 is 5.91 Å². The number of nitrogens with zero attached hydrogens (tertiary/aromatic N) is 2. The number of hydrogen-bond acceptors (Lipinski definition) is 4. The Labute approximate surface area is 152 Å². The number of amides is 1. The van der Waals surface area contributed by atoms with Crippen LogP contribution in [-0.4, -0.2) is 74.2 Å². The fourth-order valence-corrected chi connectivity index (χ4v) is 4.29. The van der Waals surface area contributed by atoms with Gasteiger partial charge in [0.1, 0.15) is 0 Å². The van der Waals surface area contributed by atoms with E-state index < -0.39 is 0 Å². The van der Waals surface area contributed by atoms with Crippen molar-refractivity contribution in [2.75, 3.05) is 52.5 Å². The van der Waals surface area contributed by atoms with E-state index in [9.17, 15) is 4.79 Å². The molecular formula is C20H35N3O2. The van der Waals surface area contributed by atoms with E-state index in [0.29, 0.717) is 12.6 Å². The molecule has 2 aliphatic heterocycles. The van der Waals surface area contributed by atoms with Crippen LogP contribution in [0.15, 0.2) is 11.6 Å². The summed E-state index contributed by atoms with van der Waals surface area (Å²) >= 11 is 0. The summed E-state index contributed by atoms with van der Waals surface area (Å²) in [7, 11) is 0. The third-order valence-electron chi connectivity index (χ3n) is 5.82. The third kappa shape index (κ3) is 6.39. The lowest BCUT2D eigenvalue weighted by atomic mass is 9.97. The normalized spacial score (nSPS) is 26.2. The van der Waals surface area contributed by atoms with E-state index in [0.717, 1.165) is 52.4 Å². The molecule has 2 fully saturated rings. The van der Waals surface area contributed by atoms with E-state index >= 15 is 0 Å². The lowest BCUT2D eigenvalue weighted by molar-refractivity contribution is -0.123. The maximum atomic E-state index is 12.4. The lowest BCUT2D eigenvalue weighted by Gasteiger charge is -2.39. The Balaban J connectivity index is 1.39. The maximum absolute atomic E-state index is 12.4. The molecule has 0 aromatic carbocycles. The average Bonchev–Trinajstić information content (AvgIpc) is 2.65. The van der Waals surface area contributed by atoms with Crippen molar-refractivity contribution in [1.82, 2.24) is 15.1 Å². The zero-order valence-electron chi connectivity index (χ0n) is 15.7. The number of carbonyl (C=O) groups is 1. The summed E-state index contributed by atoms with van der Waals surface area (Å²) in [6, 6.07) is 0.527. The van der Waals surface area contributed by atoms with Crippen LogP contribution in [0.25, 0.3) is 0 Å². The smallest absolute Gasteiger partial charge is 0.234 e. The Hall–Kier alpha value is -0.910. The highest BCUT2D eigenvalue weighted by molar-refractivity contribution is 5.78. The number of ether oxygens (including phenoxy) is 1. The van der Waals surface area contributed by atoms with Crippen molar-refractivity contribution < 1.29 is 9.53 Å². The molecule has 3 rings (SSSR count). The molecule has 1 atom stereocenters. The first kappa shape index (κ1) is 18.9. The van der Waals surface area contributed by atoms with Crippen LogP contribution in [0, 0.1) is 0 Å². The Morgan fingerprint density at radius 2 is 2.04 bits per heavy atom. The van der Waals surface area contributed by atoms with Crippen molar-refractivity contribution in [2.24, 2.45) is 0 Å². The van der Waals surface area contributed by atoms with Gasteiger partial charge in [0.15, 0.2) is 0 Å². The number of allylic oxidation sites excluding steroid dienone is 1. The first-order valence-corrected chi connectivity index (χ1v) is 10.3. The fourth-order valence-electron chi connectivity index (χ4n) is 4.29. The minimum Gasteiger partial charge on any atom is -0.379 e. The van der Waals surface area contributed by atoms with E-state index in [4.69, 9.17) is 4.74 Å². The first-order valence-electron chi connectivity index (χ1n) is 10.3. The summed E-state index contributed by atoms with van der Waals surface area (Å²) < 4.78 is 5.45. The zero-order chi connectivity index (χ0) is 17.3. The van der Waals surface area contributed by atoms with Gasteiger partial charge in [-0.05, 0) is 51.5 Å². The summed E-state index contributed by atoms with van der Waals surface area (Å²) in [4.78, 5) is 17.3. The van der Waals surface area contributed by atoms with Crippen molar-refractivity contribution in [2.45, 2.75) is 57.4 Å². The first-order chi connectivity index (χ1) is 12.3. The van der Waals surface area contributed by atoms with E-state index in [1.165, 1.54) is 50.5 Å². The number of rotatable bonds is 7. The van der Waals surface area contributed by atoms with Gasteiger partial charge in [0, 0.05) is 32.2 Å². The molecule has 1 N–H and O–H groups in total. The highest BCUT2D eigenvalue weighted by Gasteiger charge is 2.26. The van der Waals surface area contributed by atoms with E-state index in [1.807, 2.05) is 0 Å². The Morgan fingerprint density at radius 3 is 2.84 bits per heavy atom. The molecule has 25 heavy (non-hydrogen) atoms. The molecule has 0 spiro atoms. The molecule has 1 aliphatic carbocycles. The molecule has 0 radical (unpaired) electrons. The summed E-state index contributed by atoms with van der Waals surface area (Å²) in [6.07, 6.45) is 12.2. The number of hydrogen-bond donors (Lipinski definition) is 1. The molecule has 1 amide bonds. The molecule has 3 aliphatic rings. The topological polar surface area (TPSA) is 44.8 Å². The summed E-state index contributed by atoms with van der Waals surface area (Å²) in [5, 5.41) is 3.15. The number of carbonyl (C=O) groups excluding carboxylic acids is 1. The van der Waals surface area contributed by atoms with Gasteiger partial charge in [-0.2, -0.15) is 0 Å². The van der Waals surface area contributed by atoms with Gasteiger partial charge in [-0.3, -0.25) is 14.6 Å². The average molecular weight is 350 g/mol. The Kier molecular flexibility index (Phi) is 7.77. The third-order valence-corrected chi connectivity index (χ3v) is 5.82. The van der Waals surface area contributed by atoms with Gasteiger partial charge >= 0.3 is 0 Å². The minimum atomic E-state index is 0.199. The summed E-state index contributed by atoms with van der Waals surface area (Å²) in [5.41, 5.74) is 1.54. The van der Waals surface area contributed by atoms with Gasteiger partial charge < -0.3 is 10.1 Å². The summed E-state index contributed by atoms with van der Waals surface area (Å²) in [5.74, 6) is 0.199. The quantitative estimate of drug-likeness (QED) is 0.716. The van der Waals surface area contributed by atoms with Gasteiger partial charge in [0.05, 0.1) is 19.8 Å². The predicted molar refractivity (Wildman–Crippen MR) is 101 cm³/mol. The van der Waals surface area contributed by atoms with Crippen LogP contribution >= 0.6 is 0 Å². The standard InChI is InChI=1S/C20H35N3O2/c24-20(21-10-9-18-6-2-1-3-7-18)17-23-11-5-4-8-19(23)16-22-12-14-25-15-13-22/h6,19H,1-5,7-17H2,(H,21,24)/t19-/m1/s1. The van der Waals surface area contributed by atoms with Crippen LogP contribution in [0.4, 0.5) is 0 Å². The molecule has 0 aromatic rings. The van der Waals surface area contributed by atoms with E-state index in [1.54, 1.807) is 0 Å². The van der Waals surface area contributed by atoms with Gasteiger partial charge in [-0.1, -0.05) is 18.1 Å². The van der Waals surface area contributed by atoms with E-state index in [2.05, 4.69) is 21.2 Å². The number of likely N-dealkylation sites (tertiary alicyclic amines) is 1. The zero-order valence-corrected chi connectivity index (χ0v) is 15.7. The molecule has 0 aromatic heterocycles. The highest BCUT2D eigenvalue weighted by Crippen LogP contribution is 2.20. The molecular weight excluding hydrogens is 314 g/mol. The van der Waals surface area contributed by atoms with Crippen molar-refractivity contribution in [1.29, 1.82) is 0 Å². The predicted octanol–water partition coefficient (Wildman–Crippen LogP) is 2.18. The molecule has 2 heterocycles. The van der Waals surface area contributed by atoms with Crippen LogP contribution in [0.5, 0.6) is 0 Å².